The van der Waals surface area contributed by atoms with E-state index in [4.69, 9.17) is 11.6 Å². The molecule has 1 aromatic heterocycles. The van der Waals surface area contributed by atoms with Crippen molar-refractivity contribution in [3.05, 3.63) is 46.2 Å². The molecule has 1 aromatic carbocycles. The second kappa shape index (κ2) is 6.88. The molecule has 0 atom stereocenters. The number of carboxylic acid groups (broad SMARTS) is 1. The summed E-state index contributed by atoms with van der Waals surface area (Å²) in [7, 11) is 0. The third kappa shape index (κ3) is 3.63. The molecule has 0 fully saturated rings. The first kappa shape index (κ1) is 16.4. The van der Waals surface area contributed by atoms with Gasteiger partial charge < -0.3 is 5.11 Å². The Bertz CT molecular complexity index is 682. The number of hydrogen-bond donors (Lipinski definition) is 1. The number of carbonyl (C=O) groups is 1. The minimum absolute atomic E-state index is 0.244. The molecular formula is C17H19ClN2O2. The third-order valence-corrected chi connectivity index (χ3v) is 3.56. The average molecular weight is 319 g/mol. The van der Waals surface area contributed by atoms with Gasteiger partial charge in [0.15, 0.2) is 5.82 Å². The first-order valence-corrected chi connectivity index (χ1v) is 7.69. The standard InChI is InChI=1S/C17H19ClN2O2/c1-4-13-15(17(21)22)14(9-10(2)3)20-16(19-13)11-5-7-12(18)8-6-11/h5-8,10H,4,9H2,1-3H3,(H,21,22). The number of aryl methyl sites for hydroxylation is 1. The van der Waals surface area contributed by atoms with Crippen LogP contribution in [0.3, 0.4) is 0 Å². The van der Waals surface area contributed by atoms with Gasteiger partial charge in [-0.2, -0.15) is 0 Å². The Labute approximate surface area is 135 Å². The van der Waals surface area contributed by atoms with E-state index in [1.807, 2.05) is 32.9 Å². The van der Waals surface area contributed by atoms with E-state index in [1.54, 1.807) is 12.1 Å². The molecule has 0 spiro atoms. The minimum Gasteiger partial charge on any atom is -0.478 e. The highest BCUT2D eigenvalue weighted by molar-refractivity contribution is 6.30. The molecule has 0 aliphatic heterocycles. The van der Waals surface area contributed by atoms with Crippen LogP contribution in [0.2, 0.25) is 5.02 Å². The molecule has 0 aliphatic rings. The highest BCUT2D eigenvalue weighted by Crippen LogP contribution is 2.23. The average Bonchev–Trinajstić information content (AvgIpc) is 2.46. The SMILES string of the molecule is CCc1nc(-c2ccc(Cl)cc2)nc(CC(C)C)c1C(=O)O. The van der Waals surface area contributed by atoms with Gasteiger partial charge in [-0.25, -0.2) is 14.8 Å². The summed E-state index contributed by atoms with van der Waals surface area (Å²) < 4.78 is 0. The molecule has 5 heteroatoms. The van der Waals surface area contributed by atoms with E-state index in [1.165, 1.54) is 0 Å². The largest absolute Gasteiger partial charge is 0.478 e. The Balaban J connectivity index is 2.61. The second-order valence-corrected chi connectivity index (χ2v) is 6.02. The molecule has 0 saturated heterocycles. The molecular weight excluding hydrogens is 300 g/mol. The van der Waals surface area contributed by atoms with Crippen LogP contribution in [0.4, 0.5) is 0 Å². The van der Waals surface area contributed by atoms with Crippen LogP contribution in [0.5, 0.6) is 0 Å². The van der Waals surface area contributed by atoms with E-state index < -0.39 is 5.97 Å². The van der Waals surface area contributed by atoms with Crippen molar-refractivity contribution in [2.24, 2.45) is 5.92 Å². The summed E-state index contributed by atoms with van der Waals surface area (Å²) in [6.45, 7) is 5.99. The van der Waals surface area contributed by atoms with Crippen molar-refractivity contribution in [3.8, 4) is 11.4 Å². The third-order valence-electron chi connectivity index (χ3n) is 3.31. The van der Waals surface area contributed by atoms with E-state index >= 15 is 0 Å². The van der Waals surface area contributed by atoms with E-state index in [0.717, 1.165) is 5.56 Å². The van der Waals surface area contributed by atoms with Crippen LogP contribution in [-0.4, -0.2) is 21.0 Å². The van der Waals surface area contributed by atoms with Crippen molar-refractivity contribution in [2.45, 2.75) is 33.6 Å². The van der Waals surface area contributed by atoms with Crippen molar-refractivity contribution in [1.82, 2.24) is 9.97 Å². The fourth-order valence-corrected chi connectivity index (χ4v) is 2.45. The van der Waals surface area contributed by atoms with E-state index in [9.17, 15) is 9.90 Å². The maximum absolute atomic E-state index is 11.6. The van der Waals surface area contributed by atoms with Gasteiger partial charge in [-0.15, -0.1) is 0 Å². The van der Waals surface area contributed by atoms with E-state index in [2.05, 4.69) is 9.97 Å². The molecule has 4 nitrogen and oxygen atoms in total. The van der Waals surface area contributed by atoms with E-state index in [0.29, 0.717) is 41.0 Å². The Morgan fingerprint density at radius 2 is 1.77 bits per heavy atom. The van der Waals surface area contributed by atoms with Crippen molar-refractivity contribution in [2.75, 3.05) is 0 Å². The first-order chi connectivity index (χ1) is 10.4. The number of carboxylic acids is 1. The number of hydrogen-bond acceptors (Lipinski definition) is 3. The van der Waals surface area contributed by atoms with Gasteiger partial charge in [0.05, 0.1) is 11.4 Å². The fraction of sp³-hybridized carbons (Fsp3) is 0.353. The molecule has 1 N–H and O–H groups in total. The van der Waals surface area contributed by atoms with Gasteiger partial charge in [-0.05, 0) is 43.0 Å². The van der Waals surface area contributed by atoms with Gasteiger partial charge in [0, 0.05) is 10.6 Å². The van der Waals surface area contributed by atoms with Crippen molar-refractivity contribution < 1.29 is 9.90 Å². The van der Waals surface area contributed by atoms with Gasteiger partial charge in [0.2, 0.25) is 0 Å². The molecule has 1 heterocycles. The van der Waals surface area contributed by atoms with Gasteiger partial charge in [0.1, 0.15) is 5.56 Å². The van der Waals surface area contributed by atoms with E-state index in [-0.39, 0.29) is 5.56 Å². The Morgan fingerprint density at radius 3 is 2.27 bits per heavy atom. The maximum Gasteiger partial charge on any atom is 0.339 e. The predicted octanol–water partition coefficient (Wildman–Crippen LogP) is 4.26. The number of aromatic nitrogens is 2. The molecule has 0 saturated carbocycles. The molecule has 0 bridgehead atoms. The number of rotatable bonds is 5. The zero-order valence-corrected chi connectivity index (χ0v) is 13.7. The monoisotopic (exact) mass is 318 g/mol. The number of aromatic carboxylic acids is 1. The number of benzene rings is 1. The maximum atomic E-state index is 11.6. The van der Waals surface area contributed by atoms with Crippen LogP contribution in [0, 0.1) is 5.92 Å². The van der Waals surface area contributed by atoms with Gasteiger partial charge >= 0.3 is 5.97 Å². The normalized spacial score (nSPS) is 11.0. The lowest BCUT2D eigenvalue weighted by Gasteiger charge is -2.13. The highest BCUT2D eigenvalue weighted by Gasteiger charge is 2.20. The molecule has 2 rings (SSSR count). The van der Waals surface area contributed by atoms with Crippen LogP contribution in [0.15, 0.2) is 24.3 Å². The summed E-state index contributed by atoms with van der Waals surface area (Å²) in [5.74, 6) is -0.0971. The molecule has 22 heavy (non-hydrogen) atoms. The minimum atomic E-state index is -0.963. The van der Waals surface area contributed by atoms with Crippen LogP contribution in [0.1, 0.15) is 42.5 Å². The zero-order chi connectivity index (χ0) is 16.3. The molecule has 0 aliphatic carbocycles. The quantitative estimate of drug-likeness (QED) is 0.894. The number of nitrogens with zero attached hydrogens (tertiary/aromatic N) is 2. The summed E-state index contributed by atoms with van der Waals surface area (Å²) in [6.07, 6.45) is 1.16. The fourth-order valence-electron chi connectivity index (χ4n) is 2.32. The zero-order valence-electron chi connectivity index (χ0n) is 12.9. The number of halogens is 1. The van der Waals surface area contributed by atoms with Gasteiger partial charge in [-0.1, -0.05) is 32.4 Å². The Kier molecular flexibility index (Phi) is 5.14. The summed E-state index contributed by atoms with van der Waals surface area (Å²) >= 11 is 5.91. The molecule has 0 radical (unpaired) electrons. The summed E-state index contributed by atoms with van der Waals surface area (Å²) in [6, 6.07) is 7.24. The topological polar surface area (TPSA) is 63.1 Å². The van der Waals surface area contributed by atoms with Gasteiger partial charge in [0.25, 0.3) is 0 Å². The van der Waals surface area contributed by atoms with Crippen LogP contribution >= 0.6 is 11.6 Å². The molecule has 0 unspecified atom stereocenters. The predicted molar refractivity (Wildman–Crippen MR) is 87.4 cm³/mol. The lowest BCUT2D eigenvalue weighted by molar-refractivity contribution is 0.0693. The smallest absolute Gasteiger partial charge is 0.339 e. The molecule has 2 aromatic rings. The lowest BCUT2D eigenvalue weighted by atomic mass is 10.0. The first-order valence-electron chi connectivity index (χ1n) is 7.31. The van der Waals surface area contributed by atoms with Crippen LogP contribution in [-0.2, 0) is 12.8 Å². The van der Waals surface area contributed by atoms with Crippen LogP contribution < -0.4 is 0 Å². The van der Waals surface area contributed by atoms with Crippen molar-refractivity contribution in [3.63, 3.8) is 0 Å². The Morgan fingerprint density at radius 1 is 1.18 bits per heavy atom. The van der Waals surface area contributed by atoms with Crippen molar-refractivity contribution in [1.29, 1.82) is 0 Å². The summed E-state index contributed by atoms with van der Waals surface area (Å²) in [5, 5.41) is 10.1. The van der Waals surface area contributed by atoms with Gasteiger partial charge in [-0.3, -0.25) is 0 Å². The Hall–Kier alpha value is -1.94. The lowest BCUT2D eigenvalue weighted by Crippen LogP contribution is -2.14. The van der Waals surface area contributed by atoms with Crippen molar-refractivity contribution >= 4 is 17.6 Å². The second-order valence-electron chi connectivity index (χ2n) is 5.58. The summed E-state index contributed by atoms with van der Waals surface area (Å²) in [5.41, 5.74) is 2.25. The molecule has 116 valence electrons. The molecule has 0 amide bonds. The van der Waals surface area contributed by atoms with Crippen LogP contribution in [0.25, 0.3) is 11.4 Å². The highest BCUT2D eigenvalue weighted by atomic mass is 35.5. The summed E-state index contributed by atoms with van der Waals surface area (Å²) in [4.78, 5) is 20.5.